The van der Waals surface area contributed by atoms with E-state index in [2.05, 4.69) is 27.3 Å². The molecule has 0 unspecified atom stereocenters. The first-order chi connectivity index (χ1) is 13.6. The van der Waals surface area contributed by atoms with Crippen molar-refractivity contribution in [3.05, 3.63) is 38.4 Å². The van der Waals surface area contributed by atoms with Gasteiger partial charge in [-0.2, -0.15) is 0 Å². The van der Waals surface area contributed by atoms with Gasteiger partial charge in [0, 0.05) is 61.6 Å². The van der Waals surface area contributed by atoms with Gasteiger partial charge >= 0.3 is 0 Å². The van der Waals surface area contributed by atoms with Crippen molar-refractivity contribution in [3.63, 3.8) is 0 Å². The van der Waals surface area contributed by atoms with Crippen LogP contribution in [0.5, 0.6) is 0 Å². The molecule has 152 valence electrons. The maximum atomic E-state index is 13.1. The number of aryl methyl sites for hydroxylation is 2. The van der Waals surface area contributed by atoms with E-state index in [9.17, 15) is 4.79 Å². The van der Waals surface area contributed by atoms with Crippen molar-refractivity contribution in [3.8, 4) is 0 Å². The summed E-state index contributed by atoms with van der Waals surface area (Å²) in [5.74, 6) is 1.14. The Morgan fingerprint density at radius 2 is 1.96 bits per heavy atom. The van der Waals surface area contributed by atoms with Crippen LogP contribution < -0.4 is 0 Å². The van der Waals surface area contributed by atoms with Gasteiger partial charge in [0.15, 0.2) is 0 Å². The minimum Gasteiger partial charge on any atom is -0.361 e. The highest BCUT2D eigenvalue weighted by Gasteiger charge is 2.28. The van der Waals surface area contributed by atoms with Crippen LogP contribution in [0.3, 0.4) is 0 Å². The van der Waals surface area contributed by atoms with E-state index in [1.54, 1.807) is 11.3 Å². The van der Waals surface area contributed by atoms with E-state index in [-0.39, 0.29) is 5.91 Å². The third-order valence-electron chi connectivity index (χ3n) is 6.02. The van der Waals surface area contributed by atoms with Crippen molar-refractivity contribution in [2.24, 2.45) is 0 Å². The maximum absolute atomic E-state index is 13.1. The number of thiophene rings is 1. The van der Waals surface area contributed by atoms with Crippen LogP contribution in [0.2, 0.25) is 0 Å². The zero-order chi connectivity index (χ0) is 19.7. The molecule has 2 aliphatic heterocycles. The number of carbonyl (C=O) groups is 1. The summed E-state index contributed by atoms with van der Waals surface area (Å²) >= 11 is 1.74. The van der Waals surface area contributed by atoms with Crippen LogP contribution in [0, 0.1) is 13.8 Å². The molecule has 4 rings (SSSR count). The van der Waals surface area contributed by atoms with Crippen molar-refractivity contribution in [1.29, 1.82) is 0 Å². The first kappa shape index (κ1) is 19.6. The molecule has 0 N–H and O–H groups in total. The van der Waals surface area contributed by atoms with Crippen LogP contribution in [0.4, 0.5) is 0 Å². The van der Waals surface area contributed by atoms with Gasteiger partial charge in [0.25, 0.3) is 5.91 Å². The fourth-order valence-electron chi connectivity index (χ4n) is 4.31. The maximum Gasteiger partial charge on any atom is 0.255 e. The lowest BCUT2D eigenvalue weighted by molar-refractivity contribution is 0.0636. The van der Waals surface area contributed by atoms with Crippen LogP contribution in [0.25, 0.3) is 0 Å². The minimum atomic E-state index is 0.229. The summed E-state index contributed by atoms with van der Waals surface area (Å²) in [5.41, 5.74) is 4.40. The van der Waals surface area contributed by atoms with Gasteiger partial charge in [-0.25, -0.2) is 0 Å². The SMILES string of the molecule is CCCN1CCN(C(=O)c2csc3c2CCN(Cc2c(C)noc2C)C3)CC1. The van der Waals surface area contributed by atoms with Crippen molar-refractivity contribution in [1.82, 2.24) is 19.9 Å². The molecule has 2 aromatic heterocycles. The second-order valence-electron chi connectivity index (χ2n) is 7.95. The first-order valence-electron chi connectivity index (χ1n) is 10.3. The molecule has 1 fully saturated rings. The van der Waals surface area contributed by atoms with Crippen LogP contribution >= 0.6 is 11.3 Å². The Labute approximate surface area is 171 Å². The lowest BCUT2D eigenvalue weighted by Crippen LogP contribution is -2.48. The highest BCUT2D eigenvalue weighted by molar-refractivity contribution is 7.10. The van der Waals surface area contributed by atoms with E-state index in [1.807, 2.05) is 18.7 Å². The molecule has 2 aliphatic rings. The van der Waals surface area contributed by atoms with Crippen molar-refractivity contribution >= 4 is 17.2 Å². The molecule has 0 aromatic carbocycles. The van der Waals surface area contributed by atoms with Crippen LogP contribution in [0.1, 0.15) is 51.2 Å². The third kappa shape index (κ3) is 3.88. The summed E-state index contributed by atoms with van der Waals surface area (Å²) in [7, 11) is 0. The van der Waals surface area contributed by atoms with Gasteiger partial charge in [-0.1, -0.05) is 12.1 Å². The predicted molar refractivity (Wildman–Crippen MR) is 111 cm³/mol. The highest BCUT2D eigenvalue weighted by Crippen LogP contribution is 2.31. The van der Waals surface area contributed by atoms with Crippen molar-refractivity contribution in [2.45, 2.75) is 46.7 Å². The Hall–Kier alpha value is -1.70. The van der Waals surface area contributed by atoms with Crippen LogP contribution in [-0.4, -0.2) is 65.0 Å². The monoisotopic (exact) mass is 402 g/mol. The Morgan fingerprint density at radius 3 is 2.64 bits per heavy atom. The highest BCUT2D eigenvalue weighted by atomic mass is 32.1. The average molecular weight is 403 g/mol. The number of amides is 1. The standard InChI is InChI=1S/C21H30N4O2S/c1-4-6-23-8-10-25(11-9-23)21(26)19-14-28-20-13-24(7-5-17(19)20)12-18-15(2)22-27-16(18)3/h14H,4-13H2,1-3H3. The molecular formula is C21H30N4O2S. The third-order valence-corrected chi connectivity index (χ3v) is 7.03. The number of carbonyl (C=O) groups excluding carboxylic acids is 1. The zero-order valence-electron chi connectivity index (χ0n) is 17.2. The van der Waals surface area contributed by atoms with E-state index in [0.717, 1.165) is 75.8 Å². The van der Waals surface area contributed by atoms with E-state index in [4.69, 9.17) is 4.52 Å². The Balaban J connectivity index is 1.40. The number of piperazine rings is 1. The Morgan fingerprint density at radius 1 is 1.18 bits per heavy atom. The summed E-state index contributed by atoms with van der Waals surface area (Å²) in [4.78, 5) is 21.4. The van der Waals surface area contributed by atoms with Crippen molar-refractivity contribution in [2.75, 3.05) is 39.3 Å². The summed E-state index contributed by atoms with van der Waals surface area (Å²) in [6.45, 7) is 13.8. The van der Waals surface area contributed by atoms with E-state index < -0.39 is 0 Å². The Bertz CT molecular complexity index is 816. The minimum absolute atomic E-state index is 0.229. The molecule has 4 heterocycles. The second-order valence-corrected chi connectivity index (χ2v) is 8.91. The second kappa shape index (κ2) is 8.35. The van der Waals surface area contributed by atoms with Gasteiger partial charge in [0.05, 0.1) is 11.3 Å². The first-order valence-corrected chi connectivity index (χ1v) is 11.2. The van der Waals surface area contributed by atoms with Gasteiger partial charge in [-0.05, 0) is 38.8 Å². The Kier molecular flexibility index (Phi) is 5.85. The summed E-state index contributed by atoms with van der Waals surface area (Å²) in [6.07, 6.45) is 2.12. The van der Waals surface area contributed by atoms with Gasteiger partial charge in [-0.3, -0.25) is 14.6 Å². The predicted octanol–water partition coefficient (Wildman–Crippen LogP) is 3.08. The molecule has 0 bridgehead atoms. The molecule has 28 heavy (non-hydrogen) atoms. The number of aromatic nitrogens is 1. The number of nitrogens with zero attached hydrogens (tertiary/aromatic N) is 4. The van der Waals surface area contributed by atoms with Crippen LogP contribution in [-0.2, 0) is 19.5 Å². The smallest absolute Gasteiger partial charge is 0.255 e. The molecular weight excluding hydrogens is 372 g/mol. The van der Waals surface area contributed by atoms with Gasteiger partial charge in [-0.15, -0.1) is 11.3 Å². The molecule has 7 heteroatoms. The number of rotatable bonds is 5. The average Bonchev–Trinajstić information content (AvgIpc) is 3.26. The fourth-order valence-corrected chi connectivity index (χ4v) is 5.42. The lowest BCUT2D eigenvalue weighted by Gasteiger charge is -2.35. The van der Waals surface area contributed by atoms with E-state index in [0.29, 0.717) is 0 Å². The molecule has 0 atom stereocenters. The normalized spacial score (nSPS) is 18.5. The van der Waals surface area contributed by atoms with Gasteiger partial charge < -0.3 is 9.42 Å². The topological polar surface area (TPSA) is 52.8 Å². The number of hydrogen-bond acceptors (Lipinski definition) is 6. The lowest BCUT2D eigenvalue weighted by atomic mass is 10.0. The molecule has 0 aliphatic carbocycles. The van der Waals surface area contributed by atoms with E-state index >= 15 is 0 Å². The molecule has 0 saturated carbocycles. The summed E-state index contributed by atoms with van der Waals surface area (Å²) < 4.78 is 5.30. The summed E-state index contributed by atoms with van der Waals surface area (Å²) in [5, 5.41) is 6.16. The fraction of sp³-hybridized carbons (Fsp3) is 0.619. The molecule has 1 saturated heterocycles. The molecule has 2 aromatic rings. The zero-order valence-corrected chi connectivity index (χ0v) is 18.0. The van der Waals surface area contributed by atoms with Gasteiger partial charge in [0.1, 0.15) is 5.76 Å². The molecule has 1 amide bonds. The van der Waals surface area contributed by atoms with E-state index in [1.165, 1.54) is 22.4 Å². The number of hydrogen-bond donors (Lipinski definition) is 0. The van der Waals surface area contributed by atoms with Gasteiger partial charge in [0.2, 0.25) is 0 Å². The largest absolute Gasteiger partial charge is 0.361 e. The van der Waals surface area contributed by atoms with Crippen LogP contribution in [0.15, 0.2) is 9.90 Å². The molecule has 0 spiro atoms. The molecule has 0 radical (unpaired) electrons. The molecule has 6 nitrogen and oxygen atoms in total. The summed E-state index contributed by atoms with van der Waals surface area (Å²) in [6, 6.07) is 0. The number of fused-ring (bicyclic) bond motifs is 1. The quantitative estimate of drug-likeness (QED) is 0.769. The van der Waals surface area contributed by atoms with Crippen molar-refractivity contribution < 1.29 is 9.32 Å².